The summed E-state index contributed by atoms with van der Waals surface area (Å²) in [7, 11) is 1.95. The summed E-state index contributed by atoms with van der Waals surface area (Å²) in [6, 6.07) is 5.41. The third kappa shape index (κ3) is 9.13. The lowest BCUT2D eigenvalue weighted by Crippen LogP contribution is -2.31. The Kier molecular flexibility index (Phi) is 10.7. The van der Waals surface area contributed by atoms with E-state index < -0.39 is 0 Å². The zero-order chi connectivity index (χ0) is 17.0. The van der Waals surface area contributed by atoms with Gasteiger partial charge in [-0.2, -0.15) is 0 Å². The maximum absolute atomic E-state index is 11.9. The Hall–Kier alpha value is -1.88. The third-order valence-corrected chi connectivity index (χ3v) is 2.77. The first-order valence-corrected chi connectivity index (χ1v) is 7.84. The van der Waals surface area contributed by atoms with Crippen LogP contribution in [0.4, 0.5) is 11.6 Å². The molecule has 2 N–H and O–H groups in total. The highest BCUT2D eigenvalue weighted by molar-refractivity contribution is 5.91. The summed E-state index contributed by atoms with van der Waals surface area (Å²) in [6.45, 7) is 13.2. The number of carbonyl (C=O) groups is 1. The molecule has 5 heteroatoms. The standard InChI is InChI=1S/C15H24N4O.C2H6/c1-5-16-13-7-6-8-14(17-13)18-15(20)11-19(4)10-9-12(2)3;1-2/h5-8,12H,1,9-11H2,2-4H3,(H2,16,17,18,20);1-2H3. The first-order valence-electron chi connectivity index (χ1n) is 7.84. The number of aromatic nitrogens is 1. The number of hydrogen-bond acceptors (Lipinski definition) is 4. The molecule has 22 heavy (non-hydrogen) atoms. The van der Waals surface area contributed by atoms with Gasteiger partial charge in [-0.05, 0) is 44.3 Å². The van der Waals surface area contributed by atoms with Gasteiger partial charge in [0.15, 0.2) is 0 Å². The third-order valence-electron chi connectivity index (χ3n) is 2.77. The lowest BCUT2D eigenvalue weighted by molar-refractivity contribution is -0.117. The lowest BCUT2D eigenvalue weighted by Gasteiger charge is -2.17. The van der Waals surface area contributed by atoms with Gasteiger partial charge in [-0.1, -0.05) is 40.3 Å². The second-order valence-corrected chi connectivity index (χ2v) is 5.23. The largest absolute Gasteiger partial charge is 0.347 e. The van der Waals surface area contributed by atoms with E-state index in [4.69, 9.17) is 0 Å². The molecule has 1 rings (SSSR count). The fraction of sp³-hybridized carbons (Fsp3) is 0.529. The van der Waals surface area contributed by atoms with Crippen LogP contribution in [0.25, 0.3) is 0 Å². The molecule has 0 saturated heterocycles. The Bertz CT molecular complexity index is 446. The number of nitrogens with one attached hydrogen (secondary N) is 2. The molecule has 0 aromatic carbocycles. The molecule has 0 fully saturated rings. The van der Waals surface area contributed by atoms with Crippen LogP contribution in [-0.4, -0.2) is 35.9 Å². The number of amides is 1. The van der Waals surface area contributed by atoms with Gasteiger partial charge in [-0.25, -0.2) is 4.98 Å². The van der Waals surface area contributed by atoms with Crippen LogP contribution in [-0.2, 0) is 4.79 Å². The summed E-state index contributed by atoms with van der Waals surface area (Å²) < 4.78 is 0. The average molecular weight is 306 g/mol. The molecule has 0 spiro atoms. The SMILES string of the molecule is C=CNc1cccc(NC(=O)CN(C)CCC(C)C)n1.CC. The molecule has 124 valence electrons. The summed E-state index contributed by atoms with van der Waals surface area (Å²) >= 11 is 0. The summed E-state index contributed by atoms with van der Waals surface area (Å²) in [5.41, 5.74) is 0. The fourth-order valence-corrected chi connectivity index (χ4v) is 1.67. The fourth-order valence-electron chi connectivity index (χ4n) is 1.67. The van der Waals surface area contributed by atoms with Crippen LogP contribution in [0.5, 0.6) is 0 Å². The molecular weight excluding hydrogens is 276 g/mol. The monoisotopic (exact) mass is 306 g/mol. The van der Waals surface area contributed by atoms with Crippen molar-refractivity contribution in [3.05, 3.63) is 31.0 Å². The molecule has 0 aliphatic rings. The van der Waals surface area contributed by atoms with E-state index in [1.807, 2.05) is 37.9 Å². The molecule has 1 heterocycles. The van der Waals surface area contributed by atoms with Gasteiger partial charge in [0.1, 0.15) is 11.6 Å². The normalized spacial score (nSPS) is 9.95. The summed E-state index contributed by atoms with van der Waals surface area (Å²) in [5.74, 6) is 1.79. The molecule has 1 amide bonds. The quantitative estimate of drug-likeness (QED) is 0.771. The van der Waals surface area contributed by atoms with Crippen LogP contribution in [0.1, 0.15) is 34.1 Å². The van der Waals surface area contributed by atoms with E-state index in [1.54, 1.807) is 12.3 Å². The maximum Gasteiger partial charge on any atom is 0.239 e. The van der Waals surface area contributed by atoms with Crippen LogP contribution in [0, 0.1) is 5.92 Å². The number of carbonyl (C=O) groups excluding carboxylic acids is 1. The van der Waals surface area contributed by atoms with Crippen molar-refractivity contribution in [1.29, 1.82) is 0 Å². The molecule has 1 aromatic heterocycles. The Morgan fingerprint density at radius 1 is 1.36 bits per heavy atom. The van der Waals surface area contributed by atoms with Gasteiger partial charge in [-0.3, -0.25) is 9.69 Å². The van der Waals surface area contributed by atoms with Crippen molar-refractivity contribution in [2.75, 3.05) is 30.8 Å². The van der Waals surface area contributed by atoms with Crippen LogP contribution in [0.2, 0.25) is 0 Å². The number of anilines is 2. The Morgan fingerprint density at radius 2 is 2.00 bits per heavy atom. The van der Waals surface area contributed by atoms with E-state index in [1.165, 1.54) is 0 Å². The summed E-state index contributed by atoms with van der Waals surface area (Å²) in [6.07, 6.45) is 2.63. The Balaban J connectivity index is 0.00000211. The van der Waals surface area contributed by atoms with Crippen molar-refractivity contribution in [1.82, 2.24) is 9.88 Å². The van der Waals surface area contributed by atoms with E-state index in [-0.39, 0.29) is 5.91 Å². The molecule has 0 aliphatic carbocycles. The predicted molar refractivity (Wildman–Crippen MR) is 95.0 cm³/mol. The smallest absolute Gasteiger partial charge is 0.239 e. The van der Waals surface area contributed by atoms with Gasteiger partial charge in [0.05, 0.1) is 6.54 Å². The molecule has 0 radical (unpaired) electrons. The van der Waals surface area contributed by atoms with Crippen LogP contribution >= 0.6 is 0 Å². The predicted octanol–water partition coefficient (Wildman–Crippen LogP) is 3.58. The van der Waals surface area contributed by atoms with E-state index >= 15 is 0 Å². The highest BCUT2D eigenvalue weighted by Gasteiger charge is 2.08. The molecule has 0 atom stereocenters. The number of nitrogens with zero attached hydrogens (tertiary/aromatic N) is 2. The van der Waals surface area contributed by atoms with Gasteiger partial charge < -0.3 is 10.6 Å². The molecule has 0 bridgehead atoms. The minimum absolute atomic E-state index is 0.0560. The lowest BCUT2D eigenvalue weighted by atomic mass is 10.1. The average Bonchev–Trinajstić information content (AvgIpc) is 2.48. The highest BCUT2D eigenvalue weighted by Crippen LogP contribution is 2.09. The molecular formula is C17H30N4O. The minimum atomic E-state index is -0.0560. The van der Waals surface area contributed by atoms with Crippen LogP contribution in [0.3, 0.4) is 0 Å². The zero-order valence-electron chi connectivity index (χ0n) is 14.5. The van der Waals surface area contributed by atoms with Gasteiger partial charge >= 0.3 is 0 Å². The molecule has 1 aromatic rings. The van der Waals surface area contributed by atoms with Crippen molar-refractivity contribution < 1.29 is 4.79 Å². The molecule has 0 saturated carbocycles. The molecule has 5 nitrogen and oxygen atoms in total. The van der Waals surface area contributed by atoms with Gasteiger partial charge in [-0.15, -0.1) is 0 Å². The van der Waals surface area contributed by atoms with E-state index in [0.717, 1.165) is 13.0 Å². The van der Waals surface area contributed by atoms with Crippen molar-refractivity contribution in [3.63, 3.8) is 0 Å². The van der Waals surface area contributed by atoms with Crippen molar-refractivity contribution in [2.45, 2.75) is 34.1 Å². The second kappa shape index (κ2) is 11.7. The topological polar surface area (TPSA) is 57.3 Å². The Morgan fingerprint density at radius 3 is 2.59 bits per heavy atom. The van der Waals surface area contributed by atoms with E-state index in [0.29, 0.717) is 24.1 Å². The van der Waals surface area contributed by atoms with Crippen LogP contribution in [0.15, 0.2) is 31.0 Å². The van der Waals surface area contributed by atoms with Crippen molar-refractivity contribution in [2.24, 2.45) is 5.92 Å². The van der Waals surface area contributed by atoms with Gasteiger partial charge in [0, 0.05) is 0 Å². The first kappa shape index (κ1) is 20.1. The number of hydrogen-bond donors (Lipinski definition) is 2. The maximum atomic E-state index is 11.9. The molecule has 0 unspecified atom stereocenters. The zero-order valence-corrected chi connectivity index (χ0v) is 14.5. The minimum Gasteiger partial charge on any atom is -0.347 e. The van der Waals surface area contributed by atoms with E-state index in [9.17, 15) is 4.79 Å². The second-order valence-electron chi connectivity index (χ2n) is 5.23. The van der Waals surface area contributed by atoms with Gasteiger partial charge in [0.25, 0.3) is 0 Å². The van der Waals surface area contributed by atoms with Gasteiger partial charge in [0.2, 0.25) is 5.91 Å². The first-order chi connectivity index (χ1) is 10.5. The van der Waals surface area contributed by atoms with Crippen LogP contribution < -0.4 is 10.6 Å². The van der Waals surface area contributed by atoms with E-state index in [2.05, 4.69) is 36.0 Å². The highest BCUT2D eigenvalue weighted by atomic mass is 16.2. The van der Waals surface area contributed by atoms with Crippen molar-refractivity contribution in [3.8, 4) is 0 Å². The Labute approximate surface area is 134 Å². The molecule has 0 aliphatic heterocycles. The summed E-state index contributed by atoms with van der Waals surface area (Å²) in [4.78, 5) is 18.2. The summed E-state index contributed by atoms with van der Waals surface area (Å²) in [5, 5.41) is 5.68. The number of likely N-dealkylation sites (N-methyl/N-ethyl adjacent to an activating group) is 1. The number of rotatable bonds is 8. The van der Waals surface area contributed by atoms with Crippen molar-refractivity contribution >= 4 is 17.5 Å². The number of pyridine rings is 1.